The van der Waals surface area contributed by atoms with E-state index in [1.807, 2.05) is 0 Å². The van der Waals surface area contributed by atoms with Crippen molar-refractivity contribution in [3.8, 4) is 11.5 Å². The van der Waals surface area contributed by atoms with Crippen LogP contribution in [-0.2, 0) is 13.0 Å². The lowest BCUT2D eigenvalue weighted by Gasteiger charge is -2.29. The van der Waals surface area contributed by atoms with Gasteiger partial charge in [0.05, 0.1) is 0 Å². The zero-order chi connectivity index (χ0) is 12.4. The molecule has 0 fully saturated rings. The molecule has 0 bridgehead atoms. The van der Waals surface area contributed by atoms with Gasteiger partial charge < -0.3 is 10.2 Å². The lowest BCUT2D eigenvalue weighted by Crippen LogP contribution is -2.31. The van der Waals surface area contributed by atoms with Gasteiger partial charge in [-0.25, -0.2) is 0 Å². The van der Waals surface area contributed by atoms with Crippen LogP contribution in [0.25, 0.3) is 0 Å². The summed E-state index contributed by atoms with van der Waals surface area (Å²) in [5.41, 5.74) is 2.32. The summed E-state index contributed by atoms with van der Waals surface area (Å²) in [7, 11) is 0. The molecule has 0 spiro atoms. The molecule has 1 heterocycles. The normalized spacial score (nSPS) is 16.2. The second-order valence-electron chi connectivity index (χ2n) is 5.32. The number of hydrogen-bond acceptors (Lipinski definition) is 3. The minimum atomic E-state index is -0.00513. The Balaban J connectivity index is 2.05. The summed E-state index contributed by atoms with van der Waals surface area (Å²) in [4.78, 5) is 2.42. The monoisotopic (exact) mass is 235 g/mol. The second-order valence-corrected chi connectivity index (χ2v) is 5.32. The Kier molecular flexibility index (Phi) is 3.57. The van der Waals surface area contributed by atoms with Gasteiger partial charge in [-0.15, -0.1) is 0 Å². The van der Waals surface area contributed by atoms with Gasteiger partial charge in [0.15, 0.2) is 11.5 Å². The van der Waals surface area contributed by atoms with Gasteiger partial charge in [0.25, 0.3) is 0 Å². The van der Waals surface area contributed by atoms with E-state index in [-0.39, 0.29) is 11.5 Å². The van der Waals surface area contributed by atoms with E-state index in [4.69, 9.17) is 0 Å². The largest absolute Gasteiger partial charge is 0.504 e. The quantitative estimate of drug-likeness (QED) is 0.791. The number of fused-ring (bicyclic) bond motifs is 1. The molecule has 94 valence electrons. The van der Waals surface area contributed by atoms with Crippen molar-refractivity contribution in [2.24, 2.45) is 5.92 Å². The SMILES string of the molecule is CC(C)CCN1CCc2cc(O)c(O)cc2C1. The first kappa shape index (κ1) is 12.2. The predicted octanol–water partition coefficient (Wildman–Crippen LogP) is 2.50. The molecule has 1 aromatic carbocycles. The summed E-state index contributed by atoms with van der Waals surface area (Å²) >= 11 is 0. The molecule has 2 rings (SSSR count). The zero-order valence-corrected chi connectivity index (χ0v) is 10.6. The van der Waals surface area contributed by atoms with Gasteiger partial charge in [0.2, 0.25) is 0 Å². The summed E-state index contributed by atoms with van der Waals surface area (Å²) in [5, 5.41) is 19.0. The van der Waals surface area contributed by atoms with Crippen LogP contribution in [0.5, 0.6) is 11.5 Å². The van der Waals surface area contributed by atoms with Crippen molar-refractivity contribution >= 4 is 0 Å². The third-order valence-corrected chi connectivity index (χ3v) is 3.41. The maximum Gasteiger partial charge on any atom is 0.157 e. The molecular weight excluding hydrogens is 214 g/mol. The molecule has 1 aromatic rings. The van der Waals surface area contributed by atoms with E-state index in [9.17, 15) is 10.2 Å². The summed E-state index contributed by atoms with van der Waals surface area (Å²) < 4.78 is 0. The van der Waals surface area contributed by atoms with Crippen LogP contribution >= 0.6 is 0 Å². The van der Waals surface area contributed by atoms with Crippen LogP contribution in [0.3, 0.4) is 0 Å². The molecule has 0 saturated heterocycles. The average molecular weight is 235 g/mol. The molecule has 0 unspecified atom stereocenters. The molecule has 0 aromatic heterocycles. The predicted molar refractivity (Wildman–Crippen MR) is 68.2 cm³/mol. The fraction of sp³-hybridized carbons (Fsp3) is 0.571. The highest BCUT2D eigenvalue weighted by Crippen LogP contribution is 2.31. The average Bonchev–Trinajstić information content (AvgIpc) is 2.28. The van der Waals surface area contributed by atoms with Gasteiger partial charge in [0, 0.05) is 13.1 Å². The third-order valence-electron chi connectivity index (χ3n) is 3.41. The maximum absolute atomic E-state index is 9.51. The van der Waals surface area contributed by atoms with Crippen molar-refractivity contribution < 1.29 is 10.2 Å². The zero-order valence-electron chi connectivity index (χ0n) is 10.6. The first-order valence-electron chi connectivity index (χ1n) is 6.32. The second kappa shape index (κ2) is 4.96. The Morgan fingerprint density at radius 1 is 1.18 bits per heavy atom. The van der Waals surface area contributed by atoms with E-state index in [0.717, 1.165) is 37.5 Å². The van der Waals surface area contributed by atoms with Crippen LogP contribution in [0.4, 0.5) is 0 Å². The van der Waals surface area contributed by atoms with E-state index in [1.165, 1.54) is 12.0 Å². The fourth-order valence-corrected chi connectivity index (χ4v) is 2.27. The molecule has 17 heavy (non-hydrogen) atoms. The van der Waals surface area contributed by atoms with Crippen molar-refractivity contribution in [2.75, 3.05) is 13.1 Å². The molecule has 0 saturated carbocycles. The number of rotatable bonds is 3. The van der Waals surface area contributed by atoms with Crippen LogP contribution < -0.4 is 0 Å². The molecule has 2 N–H and O–H groups in total. The maximum atomic E-state index is 9.51. The smallest absolute Gasteiger partial charge is 0.157 e. The van der Waals surface area contributed by atoms with Crippen LogP contribution in [0.2, 0.25) is 0 Å². The number of hydrogen-bond donors (Lipinski definition) is 2. The van der Waals surface area contributed by atoms with Gasteiger partial charge in [-0.2, -0.15) is 0 Å². The number of phenolic OH excluding ortho intramolecular Hbond substituents is 2. The molecule has 0 aliphatic carbocycles. The molecular formula is C14H21NO2. The third kappa shape index (κ3) is 2.91. The molecule has 0 amide bonds. The molecule has 0 atom stereocenters. The number of benzene rings is 1. The Labute approximate surface area is 103 Å². The number of aromatic hydroxyl groups is 2. The van der Waals surface area contributed by atoms with Crippen LogP contribution in [-0.4, -0.2) is 28.2 Å². The number of phenols is 2. The van der Waals surface area contributed by atoms with Crippen LogP contribution in [0.1, 0.15) is 31.4 Å². The first-order chi connectivity index (χ1) is 8.06. The minimum Gasteiger partial charge on any atom is -0.504 e. The van der Waals surface area contributed by atoms with E-state index in [1.54, 1.807) is 12.1 Å². The Hall–Kier alpha value is -1.22. The highest BCUT2D eigenvalue weighted by atomic mass is 16.3. The van der Waals surface area contributed by atoms with E-state index >= 15 is 0 Å². The summed E-state index contributed by atoms with van der Waals surface area (Å²) in [6.45, 7) is 7.52. The summed E-state index contributed by atoms with van der Waals surface area (Å²) in [6.07, 6.45) is 2.17. The lowest BCUT2D eigenvalue weighted by atomic mass is 9.98. The summed E-state index contributed by atoms with van der Waals surface area (Å²) in [6, 6.07) is 3.40. The van der Waals surface area contributed by atoms with Crippen molar-refractivity contribution in [1.82, 2.24) is 4.90 Å². The molecule has 1 aliphatic heterocycles. The molecule has 3 nitrogen and oxygen atoms in total. The van der Waals surface area contributed by atoms with Crippen LogP contribution in [0, 0.1) is 5.92 Å². The van der Waals surface area contributed by atoms with Gasteiger partial charge in [0.1, 0.15) is 0 Å². The Bertz CT molecular complexity index is 401. The van der Waals surface area contributed by atoms with Gasteiger partial charge >= 0.3 is 0 Å². The van der Waals surface area contributed by atoms with Crippen molar-refractivity contribution in [1.29, 1.82) is 0 Å². The highest BCUT2D eigenvalue weighted by Gasteiger charge is 2.18. The van der Waals surface area contributed by atoms with Gasteiger partial charge in [-0.05, 0) is 48.6 Å². The fourth-order valence-electron chi connectivity index (χ4n) is 2.27. The standard InChI is InChI=1S/C14H21NO2/c1-10(2)3-5-15-6-4-11-7-13(16)14(17)8-12(11)9-15/h7-8,10,16-17H,3-6,9H2,1-2H3. The lowest BCUT2D eigenvalue weighted by molar-refractivity contribution is 0.238. The van der Waals surface area contributed by atoms with Crippen molar-refractivity contribution in [3.63, 3.8) is 0 Å². The highest BCUT2D eigenvalue weighted by molar-refractivity contribution is 5.46. The first-order valence-corrected chi connectivity index (χ1v) is 6.32. The molecule has 1 aliphatic rings. The van der Waals surface area contributed by atoms with E-state index in [2.05, 4.69) is 18.7 Å². The van der Waals surface area contributed by atoms with E-state index < -0.39 is 0 Å². The minimum absolute atomic E-state index is 0.000574. The van der Waals surface area contributed by atoms with E-state index in [0.29, 0.717) is 0 Å². The van der Waals surface area contributed by atoms with Crippen molar-refractivity contribution in [3.05, 3.63) is 23.3 Å². The van der Waals surface area contributed by atoms with Crippen molar-refractivity contribution in [2.45, 2.75) is 33.2 Å². The topological polar surface area (TPSA) is 43.7 Å². The van der Waals surface area contributed by atoms with Gasteiger partial charge in [-0.1, -0.05) is 13.8 Å². The summed E-state index contributed by atoms with van der Waals surface area (Å²) in [5.74, 6) is 0.721. The van der Waals surface area contributed by atoms with Gasteiger partial charge in [-0.3, -0.25) is 4.90 Å². The molecule has 3 heteroatoms. The Morgan fingerprint density at radius 2 is 1.82 bits per heavy atom. The molecule has 0 radical (unpaired) electrons. The number of nitrogens with zero attached hydrogens (tertiary/aromatic N) is 1. The van der Waals surface area contributed by atoms with Crippen LogP contribution in [0.15, 0.2) is 12.1 Å². The Morgan fingerprint density at radius 3 is 2.47 bits per heavy atom.